The van der Waals surface area contributed by atoms with Crippen molar-refractivity contribution >= 4 is 0 Å². The highest BCUT2D eigenvalue weighted by molar-refractivity contribution is 5.39. The number of nitrogens with one attached hydrogen (secondary N) is 1. The van der Waals surface area contributed by atoms with Crippen molar-refractivity contribution in [3.8, 4) is 0 Å². The van der Waals surface area contributed by atoms with Gasteiger partial charge in [0.2, 0.25) is 0 Å². The first-order valence-corrected chi connectivity index (χ1v) is 4.80. The van der Waals surface area contributed by atoms with Gasteiger partial charge in [0, 0.05) is 0 Å². The molecule has 1 heterocycles. The van der Waals surface area contributed by atoms with Crippen LogP contribution >= 0.6 is 0 Å². The molecule has 76 valence electrons. The lowest BCUT2D eigenvalue weighted by Gasteiger charge is -2.27. The quantitative estimate of drug-likeness (QED) is 0.729. The average Bonchev–Trinajstić information content (AvgIpc) is 2.17. The van der Waals surface area contributed by atoms with E-state index in [-0.39, 0.29) is 0 Å². The van der Waals surface area contributed by atoms with E-state index in [9.17, 15) is 8.78 Å². The molecule has 1 aromatic carbocycles. The Kier molecular flexibility index (Phi) is 2.50. The Balaban J connectivity index is 2.47. The first-order valence-electron chi connectivity index (χ1n) is 4.80. The number of hydrogen-bond donors (Lipinski definition) is 1. The summed E-state index contributed by atoms with van der Waals surface area (Å²) in [5, 5.41) is 2.87. The lowest BCUT2D eigenvalue weighted by atomic mass is 9.91. The minimum absolute atomic E-state index is 0.644. The van der Waals surface area contributed by atoms with Gasteiger partial charge in [-0.1, -0.05) is 18.2 Å². The molecule has 1 aliphatic rings. The van der Waals surface area contributed by atoms with Crippen LogP contribution in [0.2, 0.25) is 0 Å². The van der Waals surface area contributed by atoms with Gasteiger partial charge >= 0.3 is 0 Å². The van der Waals surface area contributed by atoms with Crippen molar-refractivity contribution < 1.29 is 8.78 Å². The summed E-state index contributed by atoms with van der Waals surface area (Å²) in [6, 6.07) is 4.99. The average molecular weight is 197 g/mol. The Morgan fingerprint density at radius 3 is 2.93 bits per heavy atom. The number of hydrogen-bond acceptors (Lipinski definition) is 1. The second kappa shape index (κ2) is 3.65. The van der Waals surface area contributed by atoms with E-state index in [4.69, 9.17) is 0 Å². The molecule has 3 heteroatoms. The van der Waals surface area contributed by atoms with E-state index in [1.54, 1.807) is 0 Å². The predicted molar refractivity (Wildman–Crippen MR) is 51.6 cm³/mol. The summed E-state index contributed by atoms with van der Waals surface area (Å²) < 4.78 is 25.4. The standard InChI is InChI=1S/C11H13F2N/c1-7-3-2-4-8-5-6-14-10(9(7)8)11(12)13/h2-4,10-11,14H,5-6H2,1H3. The highest BCUT2D eigenvalue weighted by Gasteiger charge is 2.28. The summed E-state index contributed by atoms with van der Waals surface area (Å²) >= 11 is 0. The van der Waals surface area contributed by atoms with E-state index in [1.165, 1.54) is 0 Å². The molecular formula is C11H13F2N. The van der Waals surface area contributed by atoms with Crippen LogP contribution in [0.15, 0.2) is 18.2 Å². The van der Waals surface area contributed by atoms with Crippen LogP contribution in [-0.4, -0.2) is 13.0 Å². The SMILES string of the molecule is Cc1cccc2c1C(C(F)F)NCC2. The molecule has 1 N–H and O–H groups in total. The second-order valence-corrected chi connectivity index (χ2v) is 3.66. The molecule has 0 saturated carbocycles. The van der Waals surface area contributed by atoms with Gasteiger partial charge in [0.05, 0.1) is 6.04 Å². The fourth-order valence-electron chi connectivity index (χ4n) is 2.08. The molecule has 0 bridgehead atoms. The van der Waals surface area contributed by atoms with Gasteiger partial charge in [-0.05, 0) is 36.6 Å². The monoisotopic (exact) mass is 197 g/mol. The number of rotatable bonds is 1. The predicted octanol–water partition coefficient (Wildman–Crippen LogP) is 2.45. The van der Waals surface area contributed by atoms with E-state index in [1.807, 2.05) is 25.1 Å². The van der Waals surface area contributed by atoms with Crippen molar-refractivity contribution in [2.75, 3.05) is 6.54 Å². The van der Waals surface area contributed by atoms with Crippen LogP contribution in [0.5, 0.6) is 0 Å². The summed E-state index contributed by atoms with van der Waals surface area (Å²) in [5.41, 5.74) is 2.82. The van der Waals surface area contributed by atoms with Crippen molar-refractivity contribution in [2.45, 2.75) is 25.8 Å². The van der Waals surface area contributed by atoms with Crippen LogP contribution in [0.3, 0.4) is 0 Å². The van der Waals surface area contributed by atoms with Gasteiger partial charge in [0.25, 0.3) is 6.43 Å². The minimum atomic E-state index is -2.32. The molecule has 0 radical (unpaired) electrons. The maximum Gasteiger partial charge on any atom is 0.257 e. The Hall–Kier alpha value is -0.960. The smallest absolute Gasteiger partial charge is 0.257 e. The summed E-state index contributed by atoms with van der Waals surface area (Å²) in [5.74, 6) is 0. The molecule has 0 aliphatic carbocycles. The largest absolute Gasteiger partial charge is 0.305 e. The van der Waals surface area contributed by atoms with Gasteiger partial charge in [-0.15, -0.1) is 0 Å². The third-order valence-corrected chi connectivity index (χ3v) is 2.74. The van der Waals surface area contributed by atoms with Gasteiger partial charge in [-0.25, -0.2) is 8.78 Å². The number of alkyl halides is 2. The zero-order valence-corrected chi connectivity index (χ0v) is 8.06. The Morgan fingerprint density at radius 2 is 2.21 bits per heavy atom. The zero-order chi connectivity index (χ0) is 10.1. The highest BCUT2D eigenvalue weighted by atomic mass is 19.3. The zero-order valence-electron chi connectivity index (χ0n) is 8.06. The molecule has 1 nitrogen and oxygen atoms in total. The van der Waals surface area contributed by atoms with E-state index < -0.39 is 12.5 Å². The highest BCUT2D eigenvalue weighted by Crippen LogP contribution is 2.30. The number of benzene rings is 1. The number of fused-ring (bicyclic) bond motifs is 1. The maximum absolute atomic E-state index is 12.7. The summed E-state index contributed by atoms with van der Waals surface area (Å²) in [7, 11) is 0. The van der Waals surface area contributed by atoms with Crippen LogP contribution in [-0.2, 0) is 6.42 Å². The molecule has 1 aliphatic heterocycles. The molecule has 0 saturated heterocycles. The van der Waals surface area contributed by atoms with Crippen molar-refractivity contribution in [1.82, 2.24) is 5.32 Å². The maximum atomic E-state index is 12.7. The Morgan fingerprint density at radius 1 is 1.43 bits per heavy atom. The third kappa shape index (κ3) is 1.52. The van der Waals surface area contributed by atoms with Crippen LogP contribution in [0.4, 0.5) is 8.78 Å². The third-order valence-electron chi connectivity index (χ3n) is 2.74. The molecule has 0 amide bonds. The lowest BCUT2D eigenvalue weighted by Crippen LogP contribution is -2.34. The number of halogens is 2. The van der Waals surface area contributed by atoms with E-state index in [0.717, 1.165) is 23.1 Å². The number of aryl methyl sites for hydroxylation is 1. The minimum Gasteiger partial charge on any atom is -0.305 e. The van der Waals surface area contributed by atoms with Crippen molar-refractivity contribution in [3.63, 3.8) is 0 Å². The van der Waals surface area contributed by atoms with Crippen molar-refractivity contribution in [2.24, 2.45) is 0 Å². The molecule has 2 rings (SSSR count). The van der Waals surface area contributed by atoms with Crippen molar-refractivity contribution in [1.29, 1.82) is 0 Å². The van der Waals surface area contributed by atoms with Crippen LogP contribution < -0.4 is 5.32 Å². The van der Waals surface area contributed by atoms with E-state index >= 15 is 0 Å². The topological polar surface area (TPSA) is 12.0 Å². The molecule has 0 fully saturated rings. The fourth-order valence-corrected chi connectivity index (χ4v) is 2.08. The van der Waals surface area contributed by atoms with Gasteiger partial charge in [-0.3, -0.25) is 0 Å². The van der Waals surface area contributed by atoms with Crippen LogP contribution in [0.25, 0.3) is 0 Å². The van der Waals surface area contributed by atoms with Gasteiger partial charge in [0.1, 0.15) is 0 Å². The summed E-state index contributed by atoms with van der Waals surface area (Å²) in [6.45, 7) is 2.53. The Labute approximate surface area is 82.1 Å². The van der Waals surface area contributed by atoms with E-state index in [2.05, 4.69) is 5.32 Å². The van der Waals surface area contributed by atoms with Crippen molar-refractivity contribution in [3.05, 3.63) is 34.9 Å². The Bertz CT molecular complexity index is 336. The summed E-state index contributed by atoms with van der Waals surface area (Å²) in [4.78, 5) is 0. The van der Waals surface area contributed by atoms with Crippen LogP contribution in [0, 0.1) is 6.92 Å². The van der Waals surface area contributed by atoms with Crippen LogP contribution in [0.1, 0.15) is 22.7 Å². The first-order chi connectivity index (χ1) is 6.70. The second-order valence-electron chi connectivity index (χ2n) is 3.66. The fraction of sp³-hybridized carbons (Fsp3) is 0.455. The molecule has 1 atom stereocenters. The van der Waals surface area contributed by atoms with Gasteiger partial charge < -0.3 is 5.32 Å². The van der Waals surface area contributed by atoms with Gasteiger partial charge in [-0.2, -0.15) is 0 Å². The first kappa shape index (κ1) is 9.59. The van der Waals surface area contributed by atoms with E-state index in [0.29, 0.717) is 6.54 Å². The molecular weight excluding hydrogens is 184 g/mol. The molecule has 0 spiro atoms. The molecule has 1 aromatic rings. The molecule has 1 unspecified atom stereocenters. The van der Waals surface area contributed by atoms with Gasteiger partial charge in [0.15, 0.2) is 0 Å². The molecule has 14 heavy (non-hydrogen) atoms. The summed E-state index contributed by atoms with van der Waals surface area (Å²) in [6.07, 6.45) is -1.48. The normalized spacial score (nSPS) is 21.0. The lowest BCUT2D eigenvalue weighted by molar-refractivity contribution is 0.0951. The molecule has 0 aromatic heterocycles.